The van der Waals surface area contributed by atoms with Crippen LogP contribution in [0.1, 0.15) is 45.7 Å². The summed E-state index contributed by atoms with van der Waals surface area (Å²) in [5.41, 5.74) is 2.03. The fourth-order valence-corrected chi connectivity index (χ4v) is 2.33. The van der Waals surface area contributed by atoms with Crippen LogP contribution >= 0.6 is 0 Å². The average Bonchev–Trinajstić information content (AvgIpc) is 3.13. The highest BCUT2D eigenvalue weighted by molar-refractivity contribution is 6.15. The van der Waals surface area contributed by atoms with Gasteiger partial charge in [0.15, 0.2) is 0 Å². The Hall–Kier alpha value is -2.08. The molecule has 1 amide bonds. The smallest absolute Gasteiger partial charge is 0.346 e. The van der Waals surface area contributed by atoms with E-state index in [0.717, 1.165) is 11.1 Å². The van der Waals surface area contributed by atoms with E-state index in [1.54, 1.807) is 6.08 Å². The Bertz CT molecular complexity index is 627. The van der Waals surface area contributed by atoms with Crippen molar-refractivity contribution in [1.29, 1.82) is 0 Å². The summed E-state index contributed by atoms with van der Waals surface area (Å²) in [5, 5.41) is 2.83. The summed E-state index contributed by atoms with van der Waals surface area (Å²) in [7, 11) is 0. The van der Waals surface area contributed by atoms with Crippen LogP contribution in [0.2, 0.25) is 0 Å². The maximum absolute atomic E-state index is 12.2. The van der Waals surface area contributed by atoms with E-state index in [1.165, 1.54) is 5.56 Å². The third-order valence-corrected chi connectivity index (χ3v) is 3.68. The van der Waals surface area contributed by atoms with E-state index in [9.17, 15) is 4.79 Å². The fourth-order valence-electron chi connectivity index (χ4n) is 2.33. The summed E-state index contributed by atoms with van der Waals surface area (Å²) in [6.07, 6.45) is 1.75. The molecular formula is C18H22N2O. The molecule has 1 aliphatic carbocycles. The van der Waals surface area contributed by atoms with Crippen LogP contribution in [0.5, 0.6) is 0 Å². The molecule has 21 heavy (non-hydrogen) atoms. The van der Waals surface area contributed by atoms with Crippen molar-refractivity contribution in [3.05, 3.63) is 52.9 Å². The zero-order valence-electron chi connectivity index (χ0n) is 13.3. The molecule has 0 aliphatic heterocycles. The average molecular weight is 282 g/mol. The molecule has 0 unspecified atom stereocenters. The van der Waals surface area contributed by atoms with Crippen LogP contribution in [0.3, 0.4) is 0 Å². The quantitative estimate of drug-likeness (QED) is 0.845. The highest BCUT2D eigenvalue weighted by Crippen LogP contribution is 2.46. The van der Waals surface area contributed by atoms with Crippen LogP contribution < -0.4 is 5.32 Å². The van der Waals surface area contributed by atoms with E-state index in [0.29, 0.717) is 0 Å². The van der Waals surface area contributed by atoms with Gasteiger partial charge in [-0.05, 0) is 30.4 Å². The summed E-state index contributed by atoms with van der Waals surface area (Å²) in [5.74, 6) is -0.220. The van der Waals surface area contributed by atoms with Gasteiger partial charge in [0.1, 0.15) is 0 Å². The predicted octanol–water partition coefficient (Wildman–Crippen LogP) is 3.56. The molecule has 1 aromatic rings. The van der Waals surface area contributed by atoms with E-state index >= 15 is 0 Å². The Morgan fingerprint density at radius 2 is 1.81 bits per heavy atom. The number of carbonyl (C=O) groups is 1. The normalized spacial score (nSPS) is 20.7. The maximum Gasteiger partial charge on any atom is 0.353 e. The second-order valence-electron chi connectivity index (χ2n) is 6.89. The first-order chi connectivity index (χ1) is 9.70. The minimum absolute atomic E-state index is 0.0367. The van der Waals surface area contributed by atoms with Gasteiger partial charge in [-0.3, -0.25) is 9.64 Å². The van der Waals surface area contributed by atoms with Gasteiger partial charge in [-0.2, -0.15) is 0 Å². The Kier molecular flexibility index (Phi) is 3.67. The molecule has 2 rings (SSSR count). The van der Waals surface area contributed by atoms with Crippen LogP contribution in [0.4, 0.5) is 0 Å². The Labute approximate surface area is 126 Å². The predicted molar refractivity (Wildman–Crippen MR) is 85.7 cm³/mol. The fraction of sp³-hybridized carbons (Fsp3) is 0.444. The second-order valence-corrected chi connectivity index (χ2v) is 6.89. The number of amides is 1. The van der Waals surface area contributed by atoms with Crippen LogP contribution in [-0.2, 0) is 10.2 Å². The van der Waals surface area contributed by atoms with Gasteiger partial charge in [-0.25, -0.2) is 6.57 Å². The van der Waals surface area contributed by atoms with Crippen LogP contribution in [-0.4, -0.2) is 17.5 Å². The van der Waals surface area contributed by atoms with Gasteiger partial charge in [0.2, 0.25) is 0 Å². The minimum atomic E-state index is -1.09. The third kappa shape index (κ3) is 2.85. The third-order valence-electron chi connectivity index (χ3n) is 3.68. The molecule has 0 bridgehead atoms. The van der Waals surface area contributed by atoms with Gasteiger partial charge < -0.3 is 5.32 Å². The number of nitrogens with one attached hydrogen (secondary N) is 1. The van der Waals surface area contributed by atoms with Gasteiger partial charge in [-0.1, -0.05) is 45.0 Å². The van der Waals surface area contributed by atoms with Crippen LogP contribution in [0.15, 0.2) is 30.3 Å². The van der Waals surface area contributed by atoms with Gasteiger partial charge in [-0.15, -0.1) is 0 Å². The zero-order valence-corrected chi connectivity index (χ0v) is 13.3. The molecule has 1 N–H and O–H groups in total. The monoisotopic (exact) mass is 282 g/mol. The lowest BCUT2D eigenvalue weighted by molar-refractivity contribution is -0.122. The topological polar surface area (TPSA) is 33.5 Å². The molecule has 0 fully saturated rings. The lowest BCUT2D eigenvalue weighted by Gasteiger charge is -2.19. The summed E-state index contributed by atoms with van der Waals surface area (Å²) in [6, 6.07) is 8.19. The molecule has 3 heteroatoms. The molecule has 0 heterocycles. The van der Waals surface area contributed by atoms with Crippen molar-refractivity contribution >= 4 is 11.5 Å². The molecular weight excluding hydrogens is 260 g/mol. The number of hydrogen-bond donors (Lipinski definition) is 1. The molecule has 1 atom stereocenters. The van der Waals surface area contributed by atoms with Crippen molar-refractivity contribution in [2.75, 3.05) is 0 Å². The minimum Gasteiger partial charge on any atom is -0.346 e. The van der Waals surface area contributed by atoms with E-state index in [-0.39, 0.29) is 17.4 Å². The van der Waals surface area contributed by atoms with Crippen molar-refractivity contribution in [2.45, 2.75) is 51.6 Å². The standard InChI is InChI=1S/C18H22N2O/c1-12(2)20-16(21)18(19-6)11-15(18)13-7-9-14(10-8-13)17(3,4)5/h7-12H,1-5H3,(H,20,21)/t18-/m0/s1. The Morgan fingerprint density at radius 1 is 1.24 bits per heavy atom. The van der Waals surface area contributed by atoms with Gasteiger partial charge in [0.05, 0.1) is 5.57 Å². The largest absolute Gasteiger partial charge is 0.353 e. The first-order valence-corrected chi connectivity index (χ1v) is 7.24. The van der Waals surface area contributed by atoms with E-state index in [1.807, 2.05) is 26.0 Å². The van der Waals surface area contributed by atoms with Crippen LogP contribution in [0.25, 0.3) is 10.4 Å². The molecule has 110 valence electrons. The van der Waals surface area contributed by atoms with Crippen molar-refractivity contribution in [3.63, 3.8) is 0 Å². The maximum atomic E-state index is 12.2. The first-order valence-electron chi connectivity index (χ1n) is 7.24. The van der Waals surface area contributed by atoms with Gasteiger partial charge in [0.25, 0.3) is 0 Å². The van der Waals surface area contributed by atoms with Crippen molar-refractivity contribution < 1.29 is 4.79 Å². The summed E-state index contributed by atoms with van der Waals surface area (Å²) >= 11 is 0. The van der Waals surface area contributed by atoms with Crippen LogP contribution in [0, 0.1) is 6.57 Å². The molecule has 1 aromatic carbocycles. The SMILES string of the molecule is [C-]#[N+][C@@]1(C(=O)NC(C)C)C=C1c1ccc(C(C)(C)C)cc1. The summed E-state index contributed by atoms with van der Waals surface area (Å²) < 4.78 is 0. The molecule has 0 saturated carbocycles. The molecule has 0 radical (unpaired) electrons. The number of carbonyl (C=O) groups excluding carboxylic acids is 1. The molecule has 0 spiro atoms. The molecule has 0 aromatic heterocycles. The number of hydrogen-bond acceptors (Lipinski definition) is 1. The lowest BCUT2D eigenvalue weighted by Crippen LogP contribution is -2.40. The van der Waals surface area contributed by atoms with Crippen molar-refractivity contribution in [2.24, 2.45) is 0 Å². The van der Waals surface area contributed by atoms with Crippen molar-refractivity contribution in [3.8, 4) is 0 Å². The lowest BCUT2D eigenvalue weighted by atomic mass is 9.86. The highest BCUT2D eigenvalue weighted by atomic mass is 16.2. The van der Waals surface area contributed by atoms with E-state index in [4.69, 9.17) is 6.57 Å². The number of benzene rings is 1. The molecule has 1 aliphatic rings. The summed E-state index contributed by atoms with van der Waals surface area (Å²) in [6.45, 7) is 17.7. The Morgan fingerprint density at radius 3 is 2.24 bits per heavy atom. The number of rotatable bonds is 3. The van der Waals surface area contributed by atoms with E-state index < -0.39 is 5.54 Å². The van der Waals surface area contributed by atoms with Gasteiger partial charge in [0, 0.05) is 12.1 Å². The van der Waals surface area contributed by atoms with Crippen molar-refractivity contribution in [1.82, 2.24) is 5.32 Å². The van der Waals surface area contributed by atoms with Gasteiger partial charge >= 0.3 is 11.4 Å². The second kappa shape index (κ2) is 5.04. The zero-order chi connectivity index (χ0) is 15.8. The number of nitrogens with zero attached hydrogens (tertiary/aromatic N) is 1. The highest BCUT2D eigenvalue weighted by Gasteiger charge is 2.59. The van der Waals surface area contributed by atoms with E-state index in [2.05, 4.69) is 43.1 Å². The summed E-state index contributed by atoms with van der Waals surface area (Å²) in [4.78, 5) is 15.8. The molecule has 3 nitrogen and oxygen atoms in total. The molecule has 0 saturated heterocycles. The first kappa shape index (κ1) is 15.3. The Balaban J connectivity index is 2.20.